The Bertz CT molecular complexity index is 647. The van der Waals surface area contributed by atoms with Crippen molar-refractivity contribution in [3.63, 3.8) is 0 Å². The van der Waals surface area contributed by atoms with Gasteiger partial charge in [0.05, 0.1) is 13.7 Å². The number of methoxy groups -OCH3 is 1. The van der Waals surface area contributed by atoms with Crippen LogP contribution in [0.5, 0.6) is 11.5 Å². The minimum atomic E-state index is -0.769. The number of carboxylic acids is 1. The molecule has 2 aliphatic rings. The van der Waals surface area contributed by atoms with Crippen molar-refractivity contribution in [3.05, 3.63) is 36.4 Å². The fourth-order valence-corrected chi connectivity index (χ4v) is 3.85. The number of benzene rings is 1. The molecule has 1 N–H and O–H groups in total. The van der Waals surface area contributed by atoms with Gasteiger partial charge in [-0.05, 0) is 30.0 Å². The van der Waals surface area contributed by atoms with E-state index in [1.54, 1.807) is 13.2 Å². The van der Waals surface area contributed by atoms with E-state index in [4.69, 9.17) is 14.2 Å². The molecule has 2 saturated heterocycles. The highest BCUT2D eigenvalue weighted by Gasteiger charge is 2.53. The van der Waals surface area contributed by atoms with E-state index >= 15 is 0 Å². The second-order valence-electron chi connectivity index (χ2n) is 6.75. The SMILES string of the molecule is C=CCOc1ccc(CN2C[C@@H]3CCOC[C@]3(C(=O)O)C2)cc1OC. The van der Waals surface area contributed by atoms with E-state index in [2.05, 4.69) is 11.5 Å². The van der Waals surface area contributed by atoms with Gasteiger partial charge in [-0.1, -0.05) is 18.7 Å². The third kappa shape index (κ3) is 3.50. The summed E-state index contributed by atoms with van der Waals surface area (Å²) in [7, 11) is 1.61. The molecule has 136 valence electrons. The van der Waals surface area contributed by atoms with Crippen LogP contribution in [0.15, 0.2) is 30.9 Å². The highest BCUT2D eigenvalue weighted by molar-refractivity contribution is 5.76. The zero-order valence-electron chi connectivity index (χ0n) is 14.6. The van der Waals surface area contributed by atoms with E-state index in [9.17, 15) is 9.90 Å². The lowest BCUT2D eigenvalue weighted by Gasteiger charge is -2.34. The molecule has 6 heteroatoms. The second kappa shape index (κ2) is 7.45. The topological polar surface area (TPSA) is 68.2 Å². The summed E-state index contributed by atoms with van der Waals surface area (Å²) in [5.41, 5.74) is 0.304. The van der Waals surface area contributed by atoms with Gasteiger partial charge in [-0.2, -0.15) is 0 Å². The Labute approximate surface area is 148 Å². The molecule has 3 rings (SSSR count). The number of ether oxygens (including phenoxy) is 3. The van der Waals surface area contributed by atoms with E-state index < -0.39 is 11.4 Å². The monoisotopic (exact) mass is 347 g/mol. The molecule has 2 fully saturated rings. The maximum Gasteiger partial charge on any atom is 0.313 e. The Morgan fingerprint density at radius 1 is 1.52 bits per heavy atom. The first-order valence-electron chi connectivity index (χ1n) is 8.53. The van der Waals surface area contributed by atoms with Crippen molar-refractivity contribution in [3.8, 4) is 11.5 Å². The molecule has 2 aliphatic heterocycles. The third-order valence-electron chi connectivity index (χ3n) is 5.15. The average Bonchev–Trinajstić information content (AvgIpc) is 2.99. The maximum absolute atomic E-state index is 11.8. The van der Waals surface area contributed by atoms with Gasteiger partial charge in [-0.3, -0.25) is 9.69 Å². The standard InChI is InChI=1S/C19H25NO5/c1-3-7-25-16-5-4-14(9-17(16)23-2)10-20-11-15-6-8-24-13-19(15,12-20)18(21)22/h3-5,9,15H,1,6-8,10-13H2,2H3,(H,21,22)/t15-,19+/m0/s1. The van der Waals surface area contributed by atoms with Gasteiger partial charge in [-0.15, -0.1) is 0 Å². The minimum absolute atomic E-state index is 0.149. The first-order chi connectivity index (χ1) is 12.1. The van der Waals surface area contributed by atoms with Gasteiger partial charge >= 0.3 is 5.97 Å². The minimum Gasteiger partial charge on any atom is -0.493 e. The number of nitrogens with zero attached hydrogens (tertiary/aromatic N) is 1. The summed E-state index contributed by atoms with van der Waals surface area (Å²) in [6, 6.07) is 5.83. The quantitative estimate of drug-likeness (QED) is 0.763. The normalized spacial score (nSPS) is 26.0. The summed E-state index contributed by atoms with van der Waals surface area (Å²) in [4.78, 5) is 14.1. The highest BCUT2D eigenvalue weighted by Crippen LogP contribution is 2.42. The van der Waals surface area contributed by atoms with E-state index in [0.29, 0.717) is 44.4 Å². The predicted octanol–water partition coefficient (Wildman–Crippen LogP) is 2.18. The summed E-state index contributed by atoms with van der Waals surface area (Å²) in [6.45, 7) is 7.01. The number of likely N-dealkylation sites (tertiary alicyclic amines) is 1. The van der Waals surface area contributed by atoms with Gasteiger partial charge in [0.25, 0.3) is 0 Å². The van der Waals surface area contributed by atoms with Gasteiger partial charge in [0, 0.05) is 26.2 Å². The molecule has 0 saturated carbocycles. The Hall–Kier alpha value is -2.05. The molecule has 0 aliphatic carbocycles. The fourth-order valence-electron chi connectivity index (χ4n) is 3.85. The molecule has 0 bridgehead atoms. The number of hydrogen-bond acceptors (Lipinski definition) is 5. The molecular weight excluding hydrogens is 322 g/mol. The highest BCUT2D eigenvalue weighted by atomic mass is 16.5. The largest absolute Gasteiger partial charge is 0.493 e. The van der Waals surface area contributed by atoms with Crippen LogP contribution in [0.3, 0.4) is 0 Å². The first-order valence-corrected chi connectivity index (χ1v) is 8.53. The van der Waals surface area contributed by atoms with Crippen molar-refractivity contribution in [2.24, 2.45) is 11.3 Å². The number of aliphatic carboxylic acids is 1. The van der Waals surface area contributed by atoms with Gasteiger partial charge < -0.3 is 19.3 Å². The van der Waals surface area contributed by atoms with Crippen molar-refractivity contribution in [2.45, 2.75) is 13.0 Å². The molecule has 0 amide bonds. The van der Waals surface area contributed by atoms with Crippen LogP contribution < -0.4 is 9.47 Å². The summed E-state index contributed by atoms with van der Waals surface area (Å²) >= 11 is 0. The first kappa shape index (κ1) is 17.8. The molecule has 0 aromatic heterocycles. The van der Waals surface area contributed by atoms with E-state index in [-0.39, 0.29) is 5.92 Å². The Morgan fingerprint density at radius 2 is 2.36 bits per heavy atom. The van der Waals surface area contributed by atoms with Crippen molar-refractivity contribution >= 4 is 5.97 Å². The van der Waals surface area contributed by atoms with Crippen LogP contribution in [0.1, 0.15) is 12.0 Å². The second-order valence-corrected chi connectivity index (χ2v) is 6.75. The Morgan fingerprint density at radius 3 is 3.04 bits per heavy atom. The zero-order valence-corrected chi connectivity index (χ0v) is 14.6. The molecular formula is C19H25NO5. The van der Waals surface area contributed by atoms with Gasteiger partial charge in [0.2, 0.25) is 0 Å². The van der Waals surface area contributed by atoms with Crippen molar-refractivity contribution in [1.29, 1.82) is 0 Å². The summed E-state index contributed by atoms with van der Waals surface area (Å²) in [6.07, 6.45) is 2.49. The fraction of sp³-hybridized carbons (Fsp3) is 0.526. The van der Waals surface area contributed by atoms with E-state index in [1.165, 1.54) is 0 Å². The molecule has 2 heterocycles. The Kier molecular flexibility index (Phi) is 5.30. The van der Waals surface area contributed by atoms with Crippen LogP contribution in [-0.2, 0) is 16.1 Å². The average molecular weight is 347 g/mol. The lowest BCUT2D eigenvalue weighted by molar-refractivity contribution is -0.159. The van der Waals surface area contributed by atoms with Gasteiger partial charge in [0.1, 0.15) is 12.0 Å². The molecule has 0 radical (unpaired) electrons. The van der Waals surface area contributed by atoms with Crippen LogP contribution in [0, 0.1) is 11.3 Å². The van der Waals surface area contributed by atoms with Crippen molar-refractivity contribution in [2.75, 3.05) is 40.0 Å². The lowest BCUT2D eigenvalue weighted by Crippen LogP contribution is -2.46. The molecule has 0 spiro atoms. The van der Waals surface area contributed by atoms with Crippen LogP contribution in [0.25, 0.3) is 0 Å². The molecule has 0 unspecified atom stereocenters. The number of hydrogen-bond donors (Lipinski definition) is 1. The molecule has 2 atom stereocenters. The number of carbonyl (C=O) groups is 1. The molecule has 6 nitrogen and oxygen atoms in total. The lowest BCUT2D eigenvalue weighted by atomic mass is 9.76. The Balaban J connectivity index is 1.72. The van der Waals surface area contributed by atoms with Gasteiger partial charge in [-0.25, -0.2) is 0 Å². The van der Waals surface area contributed by atoms with Crippen molar-refractivity contribution in [1.82, 2.24) is 4.90 Å². The van der Waals surface area contributed by atoms with Crippen LogP contribution in [-0.4, -0.2) is 56.0 Å². The zero-order chi connectivity index (χ0) is 17.9. The third-order valence-corrected chi connectivity index (χ3v) is 5.15. The van der Waals surface area contributed by atoms with Gasteiger partial charge in [0.15, 0.2) is 11.5 Å². The summed E-state index contributed by atoms with van der Waals surface area (Å²) in [5.74, 6) is 0.755. The number of carboxylic acid groups (broad SMARTS) is 1. The van der Waals surface area contributed by atoms with E-state index in [1.807, 2.05) is 18.2 Å². The summed E-state index contributed by atoms with van der Waals surface area (Å²) in [5, 5.41) is 9.73. The van der Waals surface area contributed by atoms with Crippen LogP contribution >= 0.6 is 0 Å². The molecule has 25 heavy (non-hydrogen) atoms. The number of fused-ring (bicyclic) bond motifs is 1. The molecule has 1 aromatic rings. The maximum atomic E-state index is 11.8. The van der Waals surface area contributed by atoms with Crippen molar-refractivity contribution < 1.29 is 24.1 Å². The van der Waals surface area contributed by atoms with Crippen LogP contribution in [0.4, 0.5) is 0 Å². The number of rotatable bonds is 7. The molecule has 1 aromatic carbocycles. The van der Waals surface area contributed by atoms with E-state index in [0.717, 1.165) is 18.5 Å². The smallest absolute Gasteiger partial charge is 0.313 e. The predicted molar refractivity (Wildman–Crippen MR) is 93.0 cm³/mol. The van der Waals surface area contributed by atoms with Crippen LogP contribution in [0.2, 0.25) is 0 Å². The summed E-state index contributed by atoms with van der Waals surface area (Å²) < 4.78 is 16.5.